The van der Waals surface area contributed by atoms with E-state index in [0.29, 0.717) is 26.2 Å². The number of hydrogen-bond acceptors (Lipinski definition) is 6. The number of halogens is 3. The molecule has 0 saturated carbocycles. The Bertz CT molecular complexity index is 977. The van der Waals surface area contributed by atoms with Crippen LogP contribution < -0.4 is 10.1 Å². The lowest BCUT2D eigenvalue weighted by Crippen LogP contribution is -2.24. The third-order valence-corrected chi connectivity index (χ3v) is 4.29. The van der Waals surface area contributed by atoms with Gasteiger partial charge in [-0.2, -0.15) is 0 Å². The molecule has 3 rings (SSSR count). The number of nitrogens with one attached hydrogen (secondary N) is 1. The lowest BCUT2D eigenvalue weighted by atomic mass is 10.2. The highest BCUT2D eigenvalue weighted by atomic mass is 19.4. The predicted molar refractivity (Wildman–Crippen MR) is 105 cm³/mol. The number of pyridine rings is 1. The monoisotopic (exact) mass is 434 g/mol. The third kappa shape index (κ3) is 7.37. The van der Waals surface area contributed by atoms with Crippen LogP contribution in [0.1, 0.15) is 21.6 Å². The maximum absolute atomic E-state index is 12.2. The summed E-state index contributed by atoms with van der Waals surface area (Å²) < 4.78 is 42.1. The van der Waals surface area contributed by atoms with Crippen molar-refractivity contribution in [1.82, 2.24) is 30.2 Å². The third-order valence-electron chi connectivity index (χ3n) is 4.29. The van der Waals surface area contributed by atoms with Crippen molar-refractivity contribution in [2.75, 3.05) is 13.6 Å². The van der Waals surface area contributed by atoms with Gasteiger partial charge in [-0.25, -0.2) is 0 Å². The van der Waals surface area contributed by atoms with E-state index in [1.165, 1.54) is 12.1 Å². The normalized spacial score (nSPS) is 11.5. The molecule has 0 aliphatic heterocycles. The van der Waals surface area contributed by atoms with E-state index in [4.69, 9.17) is 0 Å². The number of alkyl halides is 3. The lowest BCUT2D eigenvalue weighted by molar-refractivity contribution is -0.274. The Morgan fingerprint density at radius 2 is 1.84 bits per heavy atom. The Hall–Kier alpha value is -3.47. The van der Waals surface area contributed by atoms with Crippen molar-refractivity contribution in [2.45, 2.75) is 26.0 Å². The first-order chi connectivity index (χ1) is 14.8. The van der Waals surface area contributed by atoms with Crippen LogP contribution in [0.5, 0.6) is 5.75 Å². The lowest BCUT2D eigenvalue weighted by Gasteiger charge is -2.17. The van der Waals surface area contributed by atoms with Gasteiger partial charge in [0.25, 0.3) is 5.91 Å². The standard InChI is InChI=1S/C20H21F3N6O2/c1-28(13-16-2-4-17(5-3-16)31-20(21,22)23)10-11-29-14-18(26-27-29)19(30)25-12-15-6-8-24-9-7-15/h2-9,14H,10-13H2,1H3,(H,25,30). The molecule has 1 amide bonds. The van der Waals surface area contributed by atoms with Crippen LogP contribution in [0.3, 0.4) is 0 Å². The summed E-state index contributed by atoms with van der Waals surface area (Å²) in [4.78, 5) is 18.1. The summed E-state index contributed by atoms with van der Waals surface area (Å²) in [6, 6.07) is 9.35. The summed E-state index contributed by atoms with van der Waals surface area (Å²) >= 11 is 0. The highest BCUT2D eigenvalue weighted by molar-refractivity contribution is 5.91. The summed E-state index contributed by atoms with van der Waals surface area (Å²) in [6.07, 6.45) is 0.168. The maximum Gasteiger partial charge on any atom is 0.573 e. The second kappa shape index (κ2) is 10.0. The van der Waals surface area contributed by atoms with Crippen LogP contribution in [0.4, 0.5) is 13.2 Å². The molecule has 2 aromatic heterocycles. The van der Waals surface area contributed by atoms with Crippen molar-refractivity contribution >= 4 is 5.91 Å². The zero-order valence-corrected chi connectivity index (χ0v) is 16.7. The Kier molecular flexibility index (Phi) is 7.19. The highest BCUT2D eigenvalue weighted by Crippen LogP contribution is 2.22. The van der Waals surface area contributed by atoms with Gasteiger partial charge in [-0.3, -0.25) is 14.5 Å². The van der Waals surface area contributed by atoms with Crippen molar-refractivity contribution in [3.05, 3.63) is 71.8 Å². The second-order valence-electron chi connectivity index (χ2n) is 6.83. The van der Waals surface area contributed by atoms with Crippen LogP contribution in [-0.4, -0.2) is 50.7 Å². The number of benzene rings is 1. The molecule has 0 aliphatic rings. The Balaban J connectivity index is 1.43. The summed E-state index contributed by atoms with van der Waals surface area (Å²) in [5.41, 5.74) is 1.99. The zero-order valence-electron chi connectivity index (χ0n) is 16.7. The fourth-order valence-corrected chi connectivity index (χ4v) is 2.75. The van der Waals surface area contributed by atoms with E-state index >= 15 is 0 Å². The molecule has 0 saturated heterocycles. The molecular weight excluding hydrogens is 413 g/mol. The van der Waals surface area contributed by atoms with Gasteiger partial charge in [0, 0.05) is 32.0 Å². The van der Waals surface area contributed by atoms with Crippen molar-refractivity contribution in [3.63, 3.8) is 0 Å². The highest BCUT2D eigenvalue weighted by Gasteiger charge is 2.30. The average Bonchev–Trinajstić information content (AvgIpc) is 3.21. The summed E-state index contributed by atoms with van der Waals surface area (Å²) in [6.45, 7) is 1.99. The Morgan fingerprint density at radius 1 is 1.13 bits per heavy atom. The molecule has 0 unspecified atom stereocenters. The number of rotatable bonds is 9. The molecule has 11 heteroatoms. The van der Waals surface area contributed by atoms with E-state index in [1.807, 2.05) is 24.1 Å². The van der Waals surface area contributed by atoms with E-state index in [1.54, 1.807) is 35.4 Å². The van der Waals surface area contributed by atoms with Crippen LogP contribution in [0.15, 0.2) is 55.0 Å². The first-order valence-corrected chi connectivity index (χ1v) is 9.39. The maximum atomic E-state index is 12.2. The van der Waals surface area contributed by atoms with Gasteiger partial charge in [0.15, 0.2) is 5.69 Å². The van der Waals surface area contributed by atoms with E-state index in [2.05, 4.69) is 25.3 Å². The number of amides is 1. The molecule has 0 bridgehead atoms. The van der Waals surface area contributed by atoms with Crippen LogP contribution in [0.25, 0.3) is 0 Å². The summed E-state index contributed by atoms with van der Waals surface area (Å²) in [5, 5.41) is 10.6. The smallest absolute Gasteiger partial charge is 0.406 e. The van der Waals surface area contributed by atoms with Gasteiger partial charge >= 0.3 is 6.36 Å². The van der Waals surface area contributed by atoms with Crippen molar-refractivity contribution in [3.8, 4) is 5.75 Å². The van der Waals surface area contributed by atoms with E-state index in [-0.39, 0.29) is 17.4 Å². The van der Waals surface area contributed by atoms with Gasteiger partial charge in [0.05, 0.1) is 12.7 Å². The van der Waals surface area contributed by atoms with Crippen molar-refractivity contribution in [1.29, 1.82) is 0 Å². The second-order valence-corrected chi connectivity index (χ2v) is 6.83. The average molecular weight is 434 g/mol. The van der Waals surface area contributed by atoms with Gasteiger partial charge in [0.1, 0.15) is 5.75 Å². The molecule has 31 heavy (non-hydrogen) atoms. The molecule has 0 fully saturated rings. The summed E-state index contributed by atoms with van der Waals surface area (Å²) in [7, 11) is 1.87. The van der Waals surface area contributed by atoms with Crippen molar-refractivity contribution < 1.29 is 22.7 Å². The van der Waals surface area contributed by atoms with Crippen LogP contribution in [0, 0.1) is 0 Å². The molecule has 0 radical (unpaired) electrons. The van der Waals surface area contributed by atoms with Crippen LogP contribution in [0.2, 0.25) is 0 Å². The molecule has 2 heterocycles. The molecule has 1 N–H and O–H groups in total. The molecule has 3 aromatic rings. The predicted octanol–water partition coefficient (Wildman–Crippen LogP) is 2.63. The topological polar surface area (TPSA) is 85.2 Å². The van der Waals surface area contributed by atoms with Crippen LogP contribution >= 0.6 is 0 Å². The Labute approximate surface area is 176 Å². The fraction of sp³-hybridized carbons (Fsp3) is 0.300. The zero-order chi connectivity index (χ0) is 22.3. The Morgan fingerprint density at radius 3 is 2.52 bits per heavy atom. The molecule has 0 atom stereocenters. The molecule has 0 aliphatic carbocycles. The molecule has 1 aromatic carbocycles. The first kappa shape index (κ1) is 22.2. The van der Waals surface area contributed by atoms with Gasteiger partial charge in [-0.05, 0) is 42.4 Å². The minimum Gasteiger partial charge on any atom is -0.406 e. The molecule has 164 valence electrons. The number of carbonyl (C=O) groups is 1. The van der Waals surface area contributed by atoms with Gasteiger partial charge in [0.2, 0.25) is 0 Å². The number of likely N-dealkylation sites (N-methyl/N-ethyl adjacent to an activating group) is 1. The SMILES string of the molecule is CN(CCn1cc(C(=O)NCc2ccncc2)nn1)Cc1ccc(OC(F)(F)F)cc1. The number of nitrogens with zero attached hydrogens (tertiary/aromatic N) is 5. The van der Waals surface area contributed by atoms with Gasteiger partial charge in [-0.15, -0.1) is 18.3 Å². The largest absolute Gasteiger partial charge is 0.573 e. The van der Waals surface area contributed by atoms with E-state index < -0.39 is 6.36 Å². The van der Waals surface area contributed by atoms with E-state index in [0.717, 1.165) is 11.1 Å². The molecule has 8 nitrogen and oxygen atoms in total. The van der Waals surface area contributed by atoms with E-state index in [9.17, 15) is 18.0 Å². The van der Waals surface area contributed by atoms with Crippen molar-refractivity contribution in [2.24, 2.45) is 0 Å². The fourth-order valence-electron chi connectivity index (χ4n) is 2.75. The minimum absolute atomic E-state index is 0.219. The first-order valence-electron chi connectivity index (χ1n) is 9.39. The molecular formula is C20H21F3N6O2. The number of ether oxygens (including phenoxy) is 1. The summed E-state index contributed by atoms with van der Waals surface area (Å²) in [5.74, 6) is -0.575. The quantitative estimate of drug-likeness (QED) is 0.557. The number of hydrogen-bond donors (Lipinski definition) is 1. The van der Waals surface area contributed by atoms with Gasteiger partial charge < -0.3 is 15.0 Å². The minimum atomic E-state index is -4.70. The van der Waals surface area contributed by atoms with Crippen LogP contribution in [-0.2, 0) is 19.6 Å². The molecule has 0 spiro atoms. The number of carbonyl (C=O) groups excluding carboxylic acids is 1. The van der Waals surface area contributed by atoms with Gasteiger partial charge in [-0.1, -0.05) is 17.3 Å². The number of aromatic nitrogens is 4.